The molecule has 0 fully saturated rings. The molecule has 0 amide bonds. The van der Waals surface area contributed by atoms with Crippen molar-refractivity contribution in [2.75, 3.05) is 5.32 Å². The van der Waals surface area contributed by atoms with E-state index in [1.54, 1.807) is 24.3 Å². The maximum Gasteiger partial charge on any atom is 0.125 e. The van der Waals surface area contributed by atoms with E-state index in [4.69, 9.17) is 0 Å². The van der Waals surface area contributed by atoms with Crippen LogP contribution in [0.2, 0.25) is 0 Å². The lowest BCUT2D eigenvalue weighted by molar-refractivity contribution is 0.464. The van der Waals surface area contributed by atoms with Gasteiger partial charge in [-0.25, -0.2) is 8.42 Å². The highest BCUT2D eigenvalue weighted by Crippen LogP contribution is 2.27. The lowest BCUT2D eigenvalue weighted by Crippen LogP contribution is -1.99. The molecule has 0 aliphatic heterocycles. The molecule has 5 nitrogen and oxygen atoms in total. The molecule has 3 aromatic carbocycles. The van der Waals surface area contributed by atoms with Crippen LogP contribution in [0.25, 0.3) is 10.8 Å². The van der Waals surface area contributed by atoms with E-state index in [9.17, 15) is 13.0 Å². The number of hydrogen-bond acceptors (Lipinski definition) is 4. The van der Waals surface area contributed by atoms with Crippen LogP contribution in [0.4, 0.5) is 11.4 Å². The number of anilines is 2. The van der Waals surface area contributed by atoms with Gasteiger partial charge in [-0.1, -0.05) is 36.4 Å². The van der Waals surface area contributed by atoms with Crippen molar-refractivity contribution in [3.63, 3.8) is 0 Å². The van der Waals surface area contributed by atoms with Crippen LogP contribution in [0.1, 0.15) is 0 Å². The number of rotatable bonds is 3. The Bertz CT molecular complexity index is 894. The summed E-state index contributed by atoms with van der Waals surface area (Å²) >= 11 is 0. The maximum absolute atomic E-state index is 11.3. The fourth-order valence-corrected chi connectivity index (χ4v) is 2.94. The van der Waals surface area contributed by atoms with E-state index in [0.29, 0.717) is 10.8 Å². The second kappa shape index (κ2) is 6.15. The van der Waals surface area contributed by atoms with Gasteiger partial charge in [-0.05, 0) is 41.1 Å². The molecule has 0 bridgehead atoms. The molecule has 6 heteroatoms. The molecule has 0 aliphatic rings. The van der Waals surface area contributed by atoms with Gasteiger partial charge in [-0.15, -0.1) is 0 Å². The number of quaternary nitrogens is 1. The van der Waals surface area contributed by atoms with Gasteiger partial charge < -0.3 is 16.0 Å². The summed E-state index contributed by atoms with van der Waals surface area (Å²) < 4.78 is 33.8. The van der Waals surface area contributed by atoms with Crippen molar-refractivity contribution >= 4 is 32.3 Å². The van der Waals surface area contributed by atoms with Gasteiger partial charge >= 0.3 is 0 Å². The first-order valence-corrected chi connectivity index (χ1v) is 7.76. The van der Waals surface area contributed by atoms with E-state index < -0.39 is 10.1 Å². The van der Waals surface area contributed by atoms with Gasteiger partial charge in [0.05, 0.1) is 4.90 Å². The van der Waals surface area contributed by atoms with Crippen LogP contribution < -0.4 is 11.5 Å². The predicted octanol–water partition coefficient (Wildman–Crippen LogP) is 3.86. The van der Waals surface area contributed by atoms with Crippen LogP contribution in [0.3, 0.4) is 0 Å². The van der Waals surface area contributed by atoms with E-state index in [1.807, 2.05) is 36.4 Å². The minimum atomic E-state index is -4.47. The fourth-order valence-electron chi connectivity index (χ4n) is 2.24. The van der Waals surface area contributed by atoms with Crippen molar-refractivity contribution in [2.45, 2.75) is 4.90 Å². The van der Waals surface area contributed by atoms with E-state index in [2.05, 4.69) is 5.32 Å². The fraction of sp³-hybridized carbons (Fsp3) is 0. The van der Waals surface area contributed by atoms with Crippen LogP contribution in [-0.4, -0.2) is 13.0 Å². The van der Waals surface area contributed by atoms with Gasteiger partial charge in [-0.2, -0.15) is 0 Å². The molecule has 0 saturated carbocycles. The zero-order valence-electron chi connectivity index (χ0n) is 12.0. The second-order valence-corrected chi connectivity index (χ2v) is 5.99. The SMILES string of the molecule is O=S(=O)([O-])c1cccc2cc(Nc3ccccc3)ccc12.[NH4+]. The summed E-state index contributed by atoms with van der Waals surface area (Å²) in [4.78, 5) is -0.189. The van der Waals surface area contributed by atoms with Crippen LogP contribution >= 0.6 is 0 Å². The molecule has 3 rings (SSSR count). The van der Waals surface area contributed by atoms with Crippen LogP contribution in [0, 0.1) is 0 Å². The smallest absolute Gasteiger partial charge is 0.125 e. The van der Waals surface area contributed by atoms with Crippen molar-refractivity contribution in [2.24, 2.45) is 0 Å². The van der Waals surface area contributed by atoms with Gasteiger partial charge in [-0.3, -0.25) is 0 Å². The zero-order chi connectivity index (χ0) is 14.9. The van der Waals surface area contributed by atoms with Gasteiger partial charge in [0.1, 0.15) is 10.1 Å². The van der Waals surface area contributed by atoms with Gasteiger partial charge in [0.25, 0.3) is 0 Å². The lowest BCUT2D eigenvalue weighted by Gasteiger charge is -2.12. The molecule has 5 N–H and O–H groups in total. The van der Waals surface area contributed by atoms with Crippen LogP contribution in [0.5, 0.6) is 0 Å². The summed E-state index contributed by atoms with van der Waals surface area (Å²) in [5.41, 5.74) is 1.76. The molecule has 0 atom stereocenters. The molecule has 0 aliphatic carbocycles. The average molecular weight is 316 g/mol. The molecule has 0 heterocycles. The third kappa shape index (κ3) is 3.25. The average Bonchev–Trinajstić information content (AvgIpc) is 2.46. The van der Waals surface area contributed by atoms with Crippen molar-refractivity contribution < 1.29 is 13.0 Å². The van der Waals surface area contributed by atoms with Gasteiger partial charge in [0, 0.05) is 11.4 Å². The highest BCUT2D eigenvalue weighted by molar-refractivity contribution is 7.86. The number of benzene rings is 3. The molecular formula is C16H16N2O3S. The van der Waals surface area contributed by atoms with Crippen molar-refractivity contribution in [3.05, 3.63) is 66.7 Å². The Morgan fingerprint density at radius 1 is 0.818 bits per heavy atom. The minimum absolute atomic E-state index is 0. The summed E-state index contributed by atoms with van der Waals surface area (Å²) in [7, 11) is -4.47. The van der Waals surface area contributed by atoms with Crippen molar-refractivity contribution in [1.29, 1.82) is 0 Å². The van der Waals surface area contributed by atoms with Crippen LogP contribution in [0.15, 0.2) is 71.6 Å². The number of fused-ring (bicyclic) bond motifs is 1. The normalized spacial score (nSPS) is 11.0. The Kier molecular flexibility index (Phi) is 4.46. The largest absolute Gasteiger partial charge is 0.744 e. The number of para-hydroxylation sites is 1. The molecule has 0 spiro atoms. The number of hydrogen-bond donors (Lipinski definition) is 2. The first-order valence-electron chi connectivity index (χ1n) is 6.35. The Morgan fingerprint density at radius 2 is 1.55 bits per heavy atom. The molecular weight excluding hydrogens is 300 g/mol. The first kappa shape index (κ1) is 16.0. The molecule has 22 heavy (non-hydrogen) atoms. The van der Waals surface area contributed by atoms with E-state index in [-0.39, 0.29) is 11.0 Å². The maximum atomic E-state index is 11.3. The standard InChI is InChI=1S/C16H13NO3S.H3N/c18-21(19,20)16-8-4-5-12-11-14(9-10-15(12)16)17-13-6-2-1-3-7-13;/h1-11,17H,(H,18,19,20);1H3. The van der Waals surface area contributed by atoms with Crippen molar-refractivity contribution in [3.8, 4) is 0 Å². The monoisotopic (exact) mass is 316 g/mol. The van der Waals surface area contributed by atoms with Gasteiger partial charge in [0.2, 0.25) is 0 Å². The molecule has 0 aromatic heterocycles. The zero-order valence-corrected chi connectivity index (χ0v) is 12.8. The summed E-state index contributed by atoms with van der Waals surface area (Å²) in [6.45, 7) is 0. The molecule has 3 aromatic rings. The Balaban J connectivity index is 0.00000176. The van der Waals surface area contributed by atoms with Gasteiger partial charge in [0.15, 0.2) is 0 Å². The Labute approximate surface area is 128 Å². The van der Waals surface area contributed by atoms with Crippen LogP contribution in [-0.2, 0) is 10.1 Å². The molecule has 0 saturated heterocycles. The molecule has 0 radical (unpaired) electrons. The lowest BCUT2D eigenvalue weighted by atomic mass is 10.1. The van der Waals surface area contributed by atoms with E-state index >= 15 is 0 Å². The summed E-state index contributed by atoms with van der Waals surface area (Å²) in [6, 6.07) is 19.5. The molecule has 0 unspecified atom stereocenters. The highest BCUT2D eigenvalue weighted by atomic mass is 32.2. The van der Waals surface area contributed by atoms with Crippen molar-refractivity contribution in [1.82, 2.24) is 6.15 Å². The van der Waals surface area contributed by atoms with E-state index in [0.717, 1.165) is 11.4 Å². The summed E-state index contributed by atoms with van der Waals surface area (Å²) in [6.07, 6.45) is 0. The second-order valence-electron chi connectivity index (χ2n) is 4.64. The van der Waals surface area contributed by atoms with E-state index in [1.165, 1.54) is 6.07 Å². The number of nitrogens with one attached hydrogen (secondary N) is 1. The summed E-state index contributed by atoms with van der Waals surface area (Å²) in [5, 5.41) is 4.36. The topological polar surface area (TPSA) is 106 Å². The Morgan fingerprint density at radius 3 is 2.23 bits per heavy atom. The predicted molar refractivity (Wildman–Crippen MR) is 87.6 cm³/mol. The quantitative estimate of drug-likeness (QED) is 0.715. The molecule has 114 valence electrons. The highest BCUT2D eigenvalue weighted by Gasteiger charge is 2.07. The third-order valence-corrected chi connectivity index (χ3v) is 4.07. The third-order valence-electron chi connectivity index (χ3n) is 3.17. The Hall–Kier alpha value is -2.41. The first-order chi connectivity index (χ1) is 10.0. The minimum Gasteiger partial charge on any atom is -0.744 e. The summed E-state index contributed by atoms with van der Waals surface area (Å²) in [5.74, 6) is 0.